The zero-order valence-corrected chi connectivity index (χ0v) is 17.8. The van der Waals surface area contributed by atoms with E-state index >= 15 is 0 Å². The molecule has 1 saturated heterocycles. The summed E-state index contributed by atoms with van der Waals surface area (Å²) in [6.07, 6.45) is 2.37. The van der Waals surface area contributed by atoms with Gasteiger partial charge in [-0.3, -0.25) is 4.79 Å². The van der Waals surface area contributed by atoms with Crippen LogP contribution in [0.15, 0.2) is 53.1 Å². The van der Waals surface area contributed by atoms with Gasteiger partial charge >= 0.3 is 0 Å². The van der Waals surface area contributed by atoms with Crippen LogP contribution >= 0.6 is 0 Å². The van der Waals surface area contributed by atoms with Gasteiger partial charge in [0, 0.05) is 44.6 Å². The van der Waals surface area contributed by atoms with E-state index in [1.54, 1.807) is 30.3 Å². The fourth-order valence-corrected chi connectivity index (χ4v) is 3.77. The maximum atomic E-state index is 13.9. The molecule has 1 amide bonds. The van der Waals surface area contributed by atoms with Crippen molar-refractivity contribution >= 4 is 11.6 Å². The van der Waals surface area contributed by atoms with Crippen molar-refractivity contribution in [3.63, 3.8) is 0 Å². The summed E-state index contributed by atoms with van der Waals surface area (Å²) in [5.74, 6) is 1.42. The number of carbonyl (C=O) groups excluding carboxylic acids is 1. The van der Waals surface area contributed by atoms with Gasteiger partial charge in [0.15, 0.2) is 11.7 Å². The Balaban J connectivity index is 1.30. The van der Waals surface area contributed by atoms with Gasteiger partial charge < -0.3 is 19.0 Å². The molecule has 0 atom stereocenters. The average Bonchev–Trinajstić information content (AvgIpc) is 3.31. The molecule has 8 heteroatoms. The van der Waals surface area contributed by atoms with Gasteiger partial charge in [0.05, 0.1) is 19.0 Å². The SMILES string of the molecule is COc1ccc(-c2cnc(CCC(=O)N3CCN(c4cccc(F)c4C#N)CC3)o2)cc1. The van der Waals surface area contributed by atoms with E-state index in [4.69, 9.17) is 9.15 Å². The lowest BCUT2D eigenvalue weighted by Gasteiger charge is -2.36. The van der Waals surface area contributed by atoms with Crippen LogP contribution in [-0.2, 0) is 11.2 Å². The van der Waals surface area contributed by atoms with Crippen molar-refractivity contribution in [1.82, 2.24) is 9.88 Å². The van der Waals surface area contributed by atoms with Crippen molar-refractivity contribution in [3.05, 3.63) is 65.9 Å². The first-order chi connectivity index (χ1) is 15.6. The van der Waals surface area contributed by atoms with Crippen LogP contribution in [0.5, 0.6) is 5.75 Å². The molecule has 0 aliphatic carbocycles. The standard InChI is InChI=1S/C24H23FN4O3/c1-31-18-7-5-17(6-8-18)22-16-27-23(32-22)9-10-24(30)29-13-11-28(12-14-29)21-4-2-3-20(25)19(21)15-26/h2-8,16H,9-14H2,1H3. The number of methoxy groups -OCH3 is 1. The molecule has 0 N–H and O–H groups in total. The van der Waals surface area contributed by atoms with Crippen LogP contribution in [0, 0.1) is 17.1 Å². The molecule has 7 nitrogen and oxygen atoms in total. The second-order valence-corrected chi connectivity index (χ2v) is 7.46. The van der Waals surface area contributed by atoms with E-state index in [0.717, 1.165) is 11.3 Å². The summed E-state index contributed by atoms with van der Waals surface area (Å²) < 4.78 is 24.8. The number of aromatic nitrogens is 1. The smallest absolute Gasteiger partial charge is 0.223 e. The summed E-state index contributed by atoms with van der Waals surface area (Å²) in [6, 6.07) is 14.0. The number of oxazole rings is 1. The summed E-state index contributed by atoms with van der Waals surface area (Å²) in [7, 11) is 1.61. The van der Waals surface area contributed by atoms with Gasteiger partial charge in [0.25, 0.3) is 0 Å². The molecule has 32 heavy (non-hydrogen) atoms. The number of hydrogen-bond donors (Lipinski definition) is 0. The Labute approximate surface area is 185 Å². The van der Waals surface area contributed by atoms with Gasteiger partial charge in [0.2, 0.25) is 5.91 Å². The van der Waals surface area contributed by atoms with Gasteiger partial charge in [-0.25, -0.2) is 9.37 Å². The number of nitriles is 1. The van der Waals surface area contributed by atoms with Crippen molar-refractivity contribution in [2.45, 2.75) is 12.8 Å². The topological polar surface area (TPSA) is 82.6 Å². The number of carbonyl (C=O) groups is 1. The predicted molar refractivity (Wildman–Crippen MR) is 117 cm³/mol. The fraction of sp³-hybridized carbons (Fsp3) is 0.292. The zero-order chi connectivity index (χ0) is 22.5. The molecule has 2 aromatic carbocycles. The molecule has 1 fully saturated rings. The third-order valence-corrected chi connectivity index (χ3v) is 5.56. The first-order valence-corrected chi connectivity index (χ1v) is 10.4. The Morgan fingerprint density at radius 3 is 2.62 bits per heavy atom. The lowest BCUT2D eigenvalue weighted by molar-refractivity contribution is -0.131. The highest BCUT2D eigenvalue weighted by molar-refractivity contribution is 5.77. The maximum Gasteiger partial charge on any atom is 0.223 e. The van der Waals surface area contributed by atoms with Crippen LogP contribution in [0.3, 0.4) is 0 Å². The summed E-state index contributed by atoms with van der Waals surface area (Å²) in [5, 5.41) is 9.24. The molecule has 0 saturated carbocycles. The van der Waals surface area contributed by atoms with E-state index < -0.39 is 5.82 Å². The van der Waals surface area contributed by atoms with Crippen LogP contribution < -0.4 is 9.64 Å². The monoisotopic (exact) mass is 434 g/mol. The second kappa shape index (κ2) is 9.52. The van der Waals surface area contributed by atoms with Crippen molar-refractivity contribution in [1.29, 1.82) is 5.26 Å². The molecule has 0 bridgehead atoms. The van der Waals surface area contributed by atoms with E-state index in [9.17, 15) is 14.4 Å². The number of rotatable bonds is 6. The summed E-state index contributed by atoms with van der Waals surface area (Å²) in [4.78, 5) is 20.7. The Hall–Kier alpha value is -3.86. The number of piperazine rings is 1. The van der Waals surface area contributed by atoms with Crippen molar-refractivity contribution in [2.24, 2.45) is 0 Å². The van der Waals surface area contributed by atoms with Gasteiger partial charge in [-0.2, -0.15) is 5.26 Å². The van der Waals surface area contributed by atoms with Gasteiger partial charge in [-0.05, 0) is 36.4 Å². The Morgan fingerprint density at radius 2 is 1.94 bits per heavy atom. The lowest BCUT2D eigenvalue weighted by atomic mass is 10.1. The molecule has 1 aliphatic heterocycles. The number of amides is 1. The number of anilines is 1. The molecule has 1 aliphatic rings. The van der Waals surface area contributed by atoms with Crippen LogP contribution in [0.2, 0.25) is 0 Å². The molecular weight excluding hydrogens is 411 g/mol. The minimum absolute atomic E-state index is 0.0218. The fourth-order valence-electron chi connectivity index (χ4n) is 3.77. The Bertz CT molecular complexity index is 1130. The van der Waals surface area contributed by atoms with Crippen molar-refractivity contribution < 1.29 is 18.3 Å². The third-order valence-electron chi connectivity index (χ3n) is 5.56. The highest BCUT2D eigenvalue weighted by Gasteiger charge is 2.24. The van der Waals surface area contributed by atoms with Crippen LogP contribution in [0.4, 0.5) is 10.1 Å². The molecule has 2 heterocycles. The third kappa shape index (κ3) is 4.57. The number of aryl methyl sites for hydroxylation is 1. The van der Waals surface area contributed by atoms with Gasteiger partial charge in [-0.15, -0.1) is 0 Å². The van der Waals surface area contributed by atoms with Gasteiger partial charge in [0.1, 0.15) is 23.2 Å². The maximum absolute atomic E-state index is 13.9. The van der Waals surface area contributed by atoms with E-state index in [0.29, 0.717) is 56.4 Å². The minimum atomic E-state index is -0.525. The zero-order valence-electron chi connectivity index (χ0n) is 17.8. The molecule has 4 rings (SSSR count). The lowest BCUT2D eigenvalue weighted by Crippen LogP contribution is -2.49. The first kappa shape index (κ1) is 21.4. The summed E-state index contributed by atoms with van der Waals surface area (Å²) in [5.41, 5.74) is 1.51. The number of benzene rings is 2. The molecule has 0 radical (unpaired) electrons. The normalized spacial score (nSPS) is 13.7. The Kier molecular flexibility index (Phi) is 6.36. The highest BCUT2D eigenvalue weighted by Crippen LogP contribution is 2.25. The van der Waals surface area contributed by atoms with Crippen LogP contribution in [-0.4, -0.2) is 49.1 Å². The van der Waals surface area contributed by atoms with E-state index in [2.05, 4.69) is 4.98 Å². The minimum Gasteiger partial charge on any atom is -0.497 e. The first-order valence-electron chi connectivity index (χ1n) is 10.4. The van der Waals surface area contributed by atoms with Crippen LogP contribution in [0.1, 0.15) is 17.9 Å². The summed E-state index contributed by atoms with van der Waals surface area (Å²) in [6.45, 7) is 2.13. The highest BCUT2D eigenvalue weighted by atomic mass is 19.1. The molecule has 3 aromatic rings. The summed E-state index contributed by atoms with van der Waals surface area (Å²) >= 11 is 0. The number of halogens is 1. The van der Waals surface area contributed by atoms with Crippen molar-refractivity contribution in [2.75, 3.05) is 38.2 Å². The molecule has 164 valence electrons. The largest absolute Gasteiger partial charge is 0.497 e. The number of ether oxygens (including phenoxy) is 1. The van der Waals surface area contributed by atoms with E-state index in [-0.39, 0.29) is 11.5 Å². The quantitative estimate of drug-likeness (QED) is 0.589. The second-order valence-electron chi connectivity index (χ2n) is 7.46. The Morgan fingerprint density at radius 1 is 1.19 bits per heavy atom. The van der Waals surface area contributed by atoms with Gasteiger partial charge in [-0.1, -0.05) is 6.07 Å². The van der Waals surface area contributed by atoms with E-state index in [1.165, 1.54) is 6.07 Å². The molecule has 0 unspecified atom stereocenters. The molecule has 1 aromatic heterocycles. The number of hydrogen-bond acceptors (Lipinski definition) is 6. The van der Waals surface area contributed by atoms with Crippen molar-refractivity contribution in [3.8, 4) is 23.1 Å². The van der Waals surface area contributed by atoms with E-state index in [1.807, 2.05) is 35.2 Å². The number of nitrogens with zero attached hydrogens (tertiary/aromatic N) is 4. The predicted octanol–water partition coefficient (Wildman–Crippen LogP) is 3.64. The molecule has 0 spiro atoms. The molecular formula is C24H23FN4O3. The van der Waals surface area contributed by atoms with Crippen LogP contribution in [0.25, 0.3) is 11.3 Å². The average molecular weight is 434 g/mol.